The second-order valence-electron chi connectivity index (χ2n) is 7.78. The van der Waals surface area contributed by atoms with Crippen LogP contribution in [0.4, 0.5) is 0 Å². The summed E-state index contributed by atoms with van der Waals surface area (Å²) < 4.78 is 0. The maximum absolute atomic E-state index is 12.7. The van der Waals surface area contributed by atoms with E-state index in [1.54, 1.807) is 0 Å². The molecule has 3 atom stereocenters. The van der Waals surface area contributed by atoms with Gasteiger partial charge in [0.15, 0.2) is 0 Å². The number of nitrogens with zero attached hydrogens (tertiary/aromatic N) is 1. The summed E-state index contributed by atoms with van der Waals surface area (Å²) in [6.45, 7) is 2.07. The van der Waals surface area contributed by atoms with E-state index in [9.17, 15) is 4.79 Å². The van der Waals surface area contributed by atoms with E-state index in [1.165, 1.54) is 57.8 Å². The summed E-state index contributed by atoms with van der Waals surface area (Å²) in [6, 6.07) is 1.14. The molecule has 1 spiro atoms. The van der Waals surface area contributed by atoms with Crippen LogP contribution in [-0.4, -0.2) is 36.0 Å². The van der Waals surface area contributed by atoms with E-state index in [1.807, 2.05) is 0 Å². The zero-order valence-electron chi connectivity index (χ0n) is 12.6. The third-order valence-electron chi connectivity index (χ3n) is 6.67. The molecule has 0 aromatic rings. The van der Waals surface area contributed by atoms with E-state index in [-0.39, 0.29) is 0 Å². The van der Waals surface area contributed by atoms with Crippen LogP contribution in [0.15, 0.2) is 0 Å². The summed E-state index contributed by atoms with van der Waals surface area (Å²) in [7, 11) is 0. The van der Waals surface area contributed by atoms with Gasteiger partial charge in [-0.2, -0.15) is 0 Å². The normalized spacial score (nSPS) is 39.4. The molecule has 3 heteroatoms. The first-order chi connectivity index (χ1) is 9.76. The van der Waals surface area contributed by atoms with Crippen LogP contribution < -0.4 is 5.32 Å². The lowest BCUT2D eigenvalue weighted by Crippen LogP contribution is -2.47. The lowest BCUT2D eigenvalue weighted by molar-refractivity contribution is -0.138. The van der Waals surface area contributed by atoms with Crippen molar-refractivity contribution in [3.63, 3.8) is 0 Å². The van der Waals surface area contributed by atoms with E-state index in [0.717, 1.165) is 19.5 Å². The Bertz CT molecular complexity index is 378. The first-order valence-corrected chi connectivity index (χ1v) is 8.81. The Balaban J connectivity index is 1.36. The minimum Gasteiger partial charge on any atom is -0.342 e. The van der Waals surface area contributed by atoms with Gasteiger partial charge < -0.3 is 10.2 Å². The quantitative estimate of drug-likeness (QED) is 0.798. The standard InChI is InChI=1S/C17H28N2O/c20-16(14-12-13-4-5-15(14)18-13)19-10-8-17(9-11-19)6-2-1-3-7-17/h13-15,18H,1-12H2. The molecule has 3 unspecified atom stereocenters. The van der Waals surface area contributed by atoms with Crippen LogP contribution in [0.5, 0.6) is 0 Å². The zero-order valence-corrected chi connectivity index (χ0v) is 12.6. The number of hydrogen-bond acceptors (Lipinski definition) is 2. The van der Waals surface area contributed by atoms with Crippen molar-refractivity contribution in [2.24, 2.45) is 11.3 Å². The van der Waals surface area contributed by atoms with E-state index in [0.29, 0.717) is 29.3 Å². The van der Waals surface area contributed by atoms with Crippen molar-refractivity contribution < 1.29 is 4.79 Å². The van der Waals surface area contributed by atoms with Gasteiger partial charge in [0.1, 0.15) is 0 Å². The van der Waals surface area contributed by atoms with E-state index in [2.05, 4.69) is 10.2 Å². The maximum Gasteiger partial charge on any atom is 0.227 e. The highest BCUT2D eigenvalue weighted by Crippen LogP contribution is 2.45. The summed E-state index contributed by atoms with van der Waals surface area (Å²) >= 11 is 0. The minimum atomic E-state index is 0.300. The van der Waals surface area contributed by atoms with Crippen molar-refractivity contribution in [3.8, 4) is 0 Å². The number of rotatable bonds is 1. The van der Waals surface area contributed by atoms with Crippen molar-refractivity contribution in [2.75, 3.05) is 13.1 Å². The monoisotopic (exact) mass is 276 g/mol. The molecule has 1 saturated carbocycles. The molecule has 4 aliphatic rings. The van der Waals surface area contributed by atoms with Crippen molar-refractivity contribution in [1.29, 1.82) is 0 Å². The average molecular weight is 276 g/mol. The Morgan fingerprint density at radius 3 is 2.35 bits per heavy atom. The molecule has 3 saturated heterocycles. The highest BCUT2D eigenvalue weighted by atomic mass is 16.2. The van der Waals surface area contributed by atoms with Crippen molar-refractivity contribution in [1.82, 2.24) is 10.2 Å². The first kappa shape index (κ1) is 13.1. The molecule has 1 aliphatic carbocycles. The second-order valence-corrected chi connectivity index (χ2v) is 7.78. The molecule has 1 N–H and O–H groups in total. The lowest BCUT2D eigenvalue weighted by Gasteiger charge is -2.45. The Labute approximate surface area is 122 Å². The molecule has 0 aromatic carbocycles. The molecule has 112 valence electrons. The number of piperidine rings is 1. The van der Waals surface area contributed by atoms with Crippen LogP contribution in [0, 0.1) is 11.3 Å². The van der Waals surface area contributed by atoms with Crippen molar-refractivity contribution >= 4 is 5.91 Å². The summed E-state index contributed by atoms with van der Waals surface area (Å²) in [5.41, 5.74) is 0.613. The van der Waals surface area contributed by atoms with Gasteiger partial charge in [-0.1, -0.05) is 19.3 Å². The maximum atomic E-state index is 12.7. The number of carbonyl (C=O) groups excluding carboxylic acids is 1. The summed E-state index contributed by atoms with van der Waals surface area (Å²) in [4.78, 5) is 14.9. The van der Waals surface area contributed by atoms with Crippen molar-refractivity contribution in [2.45, 2.75) is 76.3 Å². The number of amides is 1. The number of likely N-dealkylation sites (tertiary alicyclic amines) is 1. The molecular formula is C17H28N2O. The van der Waals surface area contributed by atoms with Gasteiger partial charge in [0.2, 0.25) is 5.91 Å². The summed E-state index contributed by atoms with van der Waals surface area (Å²) in [5, 5.41) is 3.61. The van der Waals surface area contributed by atoms with E-state index < -0.39 is 0 Å². The van der Waals surface area contributed by atoms with E-state index in [4.69, 9.17) is 0 Å². The van der Waals surface area contributed by atoms with Gasteiger partial charge in [-0.25, -0.2) is 0 Å². The van der Waals surface area contributed by atoms with Crippen LogP contribution in [0.2, 0.25) is 0 Å². The third-order valence-corrected chi connectivity index (χ3v) is 6.67. The topological polar surface area (TPSA) is 32.3 Å². The molecule has 3 nitrogen and oxygen atoms in total. The number of hydrogen-bond donors (Lipinski definition) is 1. The molecule has 0 aromatic heterocycles. The van der Waals surface area contributed by atoms with Gasteiger partial charge in [0.25, 0.3) is 0 Å². The zero-order chi connectivity index (χ0) is 13.6. The molecule has 3 heterocycles. The second kappa shape index (κ2) is 5.01. The third kappa shape index (κ3) is 2.18. The van der Waals surface area contributed by atoms with Gasteiger partial charge >= 0.3 is 0 Å². The van der Waals surface area contributed by atoms with Gasteiger partial charge in [-0.05, 0) is 50.4 Å². The Hall–Kier alpha value is -0.570. The fourth-order valence-electron chi connectivity index (χ4n) is 5.33. The van der Waals surface area contributed by atoms with Gasteiger partial charge in [-0.3, -0.25) is 4.79 Å². The highest BCUT2D eigenvalue weighted by Gasteiger charge is 2.45. The van der Waals surface area contributed by atoms with Crippen LogP contribution in [0.25, 0.3) is 0 Å². The molecule has 2 bridgehead atoms. The lowest BCUT2D eigenvalue weighted by atomic mass is 9.68. The predicted octanol–water partition coefficient (Wildman–Crippen LogP) is 2.70. The minimum absolute atomic E-state index is 0.300. The first-order valence-electron chi connectivity index (χ1n) is 8.81. The smallest absolute Gasteiger partial charge is 0.227 e. The predicted molar refractivity (Wildman–Crippen MR) is 79.4 cm³/mol. The summed E-state index contributed by atoms with van der Waals surface area (Å²) in [5.74, 6) is 0.768. The molecule has 20 heavy (non-hydrogen) atoms. The SMILES string of the molecule is O=C(C1CC2CCC1N2)N1CCC2(CCCCC2)CC1. The Kier molecular flexibility index (Phi) is 3.29. The van der Waals surface area contributed by atoms with Crippen LogP contribution >= 0.6 is 0 Å². The van der Waals surface area contributed by atoms with Gasteiger partial charge in [0.05, 0.1) is 5.92 Å². The van der Waals surface area contributed by atoms with Crippen LogP contribution in [0.1, 0.15) is 64.2 Å². The molecule has 1 amide bonds. The van der Waals surface area contributed by atoms with Gasteiger partial charge in [-0.15, -0.1) is 0 Å². The number of carbonyl (C=O) groups is 1. The Morgan fingerprint density at radius 2 is 1.75 bits per heavy atom. The number of fused-ring (bicyclic) bond motifs is 2. The fraction of sp³-hybridized carbons (Fsp3) is 0.941. The Morgan fingerprint density at radius 1 is 1.00 bits per heavy atom. The molecule has 0 radical (unpaired) electrons. The average Bonchev–Trinajstić information content (AvgIpc) is 3.11. The molecular weight excluding hydrogens is 248 g/mol. The van der Waals surface area contributed by atoms with E-state index >= 15 is 0 Å². The van der Waals surface area contributed by atoms with Crippen LogP contribution in [-0.2, 0) is 4.79 Å². The molecule has 3 aliphatic heterocycles. The van der Waals surface area contributed by atoms with Crippen molar-refractivity contribution in [3.05, 3.63) is 0 Å². The fourth-order valence-corrected chi connectivity index (χ4v) is 5.33. The van der Waals surface area contributed by atoms with Crippen LogP contribution in [0.3, 0.4) is 0 Å². The number of nitrogens with one attached hydrogen (secondary N) is 1. The molecule has 4 rings (SSSR count). The summed E-state index contributed by atoms with van der Waals surface area (Å²) in [6.07, 6.45) is 13.3. The molecule has 4 fully saturated rings. The largest absolute Gasteiger partial charge is 0.342 e. The van der Waals surface area contributed by atoms with Gasteiger partial charge in [0, 0.05) is 25.2 Å². The highest BCUT2D eigenvalue weighted by molar-refractivity contribution is 5.80.